The quantitative estimate of drug-likeness (QED) is 0.812. The molecule has 2 amide bonds. The predicted octanol–water partition coefficient (Wildman–Crippen LogP) is 2.13. The summed E-state index contributed by atoms with van der Waals surface area (Å²) >= 11 is 0. The van der Waals surface area contributed by atoms with Crippen LogP contribution in [-0.4, -0.2) is 58.5 Å². The van der Waals surface area contributed by atoms with Crippen LogP contribution in [0.5, 0.6) is 0 Å². The topological polar surface area (TPSA) is 58.6 Å². The predicted molar refractivity (Wildman–Crippen MR) is 89.4 cm³/mol. The number of ether oxygens (including phenoxy) is 1. The number of carbonyl (C=O) groups excluding carboxylic acids is 1. The molecule has 22 heavy (non-hydrogen) atoms. The first kappa shape index (κ1) is 17.7. The number of nitrogens with zero attached hydrogens (tertiary/aromatic N) is 1. The number of likely N-dealkylation sites (tertiary alicyclic amines) is 1. The molecule has 1 saturated heterocycles. The van der Waals surface area contributed by atoms with E-state index < -0.39 is 10.8 Å². The summed E-state index contributed by atoms with van der Waals surface area (Å²) in [6.07, 6.45) is 5.19. The summed E-state index contributed by atoms with van der Waals surface area (Å²) in [5.74, 6) is 1.13. The standard InChI is InChI=1S/C16H30N2O3S/c1-3-21-12-13-9-10-18(11-13)16(19)17-14-7-5-6-8-15(14)22(20)4-2/h13-15H,3-12H2,1-2H3,(H,17,19)/t13-,14-,15-,22-/m1/s1. The maximum Gasteiger partial charge on any atom is 0.317 e. The van der Waals surface area contributed by atoms with E-state index in [2.05, 4.69) is 5.32 Å². The number of amides is 2. The Morgan fingerprint density at radius 1 is 1.27 bits per heavy atom. The highest BCUT2D eigenvalue weighted by Gasteiger charge is 2.33. The van der Waals surface area contributed by atoms with Crippen LogP contribution in [0, 0.1) is 5.92 Å². The molecule has 0 aromatic carbocycles. The fraction of sp³-hybridized carbons (Fsp3) is 0.938. The van der Waals surface area contributed by atoms with Crippen molar-refractivity contribution in [2.75, 3.05) is 32.1 Å². The van der Waals surface area contributed by atoms with Crippen molar-refractivity contribution in [3.05, 3.63) is 0 Å². The average Bonchev–Trinajstić information content (AvgIpc) is 3.01. The zero-order chi connectivity index (χ0) is 15.9. The van der Waals surface area contributed by atoms with Crippen molar-refractivity contribution in [3.63, 3.8) is 0 Å². The highest BCUT2D eigenvalue weighted by atomic mass is 32.2. The molecule has 0 unspecified atom stereocenters. The third-order valence-corrected chi connectivity index (χ3v) is 6.57. The first-order valence-corrected chi connectivity index (χ1v) is 10.0. The highest BCUT2D eigenvalue weighted by molar-refractivity contribution is 7.85. The second kappa shape index (κ2) is 8.87. The zero-order valence-corrected chi connectivity index (χ0v) is 14.7. The SMILES string of the molecule is CCOC[C@@H]1CCN(C(=O)N[C@@H]2CCCC[C@H]2[S@](=O)CC)C1. The minimum Gasteiger partial charge on any atom is -0.381 e. The lowest BCUT2D eigenvalue weighted by molar-refractivity contribution is 0.113. The summed E-state index contributed by atoms with van der Waals surface area (Å²) in [5, 5.41) is 3.29. The minimum absolute atomic E-state index is 0.0176. The summed E-state index contributed by atoms with van der Waals surface area (Å²) in [6.45, 7) is 7.01. The molecule has 128 valence electrons. The third-order valence-electron chi connectivity index (χ3n) is 4.76. The average molecular weight is 330 g/mol. The zero-order valence-electron chi connectivity index (χ0n) is 13.9. The number of hydrogen-bond donors (Lipinski definition) is 1. The van der Waals surface area contributed by atoms with Crippen molar-refractivity contribution >= 4 is 16.8 Å². The number of hydrogen-bond acceptors (Lipinski definition) is 3. The fourth-order valence-corrected chi connectivity index (χ4v) is 4.91. The Kier molecular flexibility index (Phi) is 7.15. The molecule has 1 aliphatic heterocycles. The molecule has 2 rings (SSSR count). The Morgan fingerprint density at radius 2 is 2.05 bits per heavy atom. The Labute approximate surface area is 136 Å². The van der Waals surface area contributed by atoms with Gasteiger partial charge in [-0.2, -0.15) is 0 Å². The lowest BCUT2D eigenvalue weighted by atomic mass is 9.95. The lowest BCUT2D eigenvalue weighted by Gasteiger charge is -2.32. The molecule has 6 heteroatoms. The van der Waals surface area contributed by atoms with Crippen molar-refractivity contribution in [1.82, 2.24) is 10.2 Å². The molecule has 1 saturated carbocycles. The Hall–Kier alpha value is -0.620. The molecule has 0 aromatic heterocycles. The van der Waals surface area contributed by atoms with E-state index >= 15 is 0 Å². The molecular weight excluding hydrogens is 300 g/mol. The molecule has 1 N–H and O–H groups in total. The normalized spacial score (nSPS) is 30.3. The van der Waals surface area contributed by atoms with Crippen LogP contribution in [0.4, 0.5) is 4.79 Å². The van der Waals surface area contributed by atoms with Crippen LogP contribution in [0.3, 0.4) is 0 Å². The smallest absolute Gasteiger partial charge is 0.317 e. The van der Waals surface area contributed by atoms with Crippen molar-refractivity contribution in [2.24, 2.45) is 5.92 Å². The van der Waals surface area contributed by atoms with Crippen molar-refractivity contribution in [2.45, 2.75) is 57.2 Å². The summed E-state index contributed by atoms with van der Waals surface area (Å²) in [5.41, 5.74) is 0. The molecule has 0 aromatic rings. The van der Waals surface area contributed by atoms with E-state index in [0.717, 1.165) is 58.4 Å². The Balaban J connectivity index is 1.84. The summed E-state index contributed by atoms with van der Waals surface area (Å²) < 4.78 is 17.6. The van der Waals surface area contributed by atoms with Gasteiger partial charge in [0.2, 0.25) is 0 Å². The first-order chi connectivity index (χ1) is 10.7. The molecule has 0 spiro atoms. The van der Waals surface area contributed by atoms with E-state index in [0.29, 0.717) is 11.7 Å². The molecule has 1 heterocycles. The van der Waals surface area contributed by atoms with E-state index in [1.807, 2.05) is 18.7 Å². The van der Waals surface area contributed by atoms with Gasteiger partial charge in [0, 0.05) is 48.2 Å². The second-order valence-electron chi connectivity index (χ2n) is 6.31. The second-order valence-corrected chi connectivity index (χ2v) is 8.25. The van der Waals surface area contributed by atoms with Gasteiger partial charge in [0.15, 0.2) is 0 Å². The number of nitrogens with one attached hydrogen (secondary N) is 1. The summed E-state index contributed by atoms with van der Waals surface area (Å²) in [4.78, 5) is 14.4. The van der Waals surface area contributed by atoms with E-state index in [9.17, 15) is 9.00 Å². The van der Waals surface area contributed by atoms with Gasteiger partial charge in [-0.1, -0.05) is 19.8 Å². The monoisotopic (exact) mass is 330 g/mol. The molecule has 4 atom stereocenters. The van der Waals surface area contributed by atoms with Crippen LogP contribution < -0.4 is 5.32 Å². The number of rotatable bonds is 6. The maximum atomic E-state index is 12.5. The summed E-state index contributed by atoms with van der Waals surface area (Å²) in [6, 6.07) is 0.0944. The van der Waals surface area contributed by atoms with E-state index in [1.54, 1.807) is 0 Å². The van der Waals surface area contributed by atoms with Crippen LogP contribution in [0.2, 0.25) is 0 Å². The summed E-state index contributed by atoms with van der Waals surface area (Å²) in [7, 11) is -0.826. The lowest BCUT2D eigenvalue weighted by Crippen LogP contribution is -2.51. The molecule has 2 fully saturated rings. The molecule has 0 bridgehead atoms. The molecule has 2 aliphatic rings. The van der Waals surface area contributed by atoms with Crippen molar-refractivity contribution in [1.29, 1.82) is 0 Å². The molecule has 1 aliphatic carbocycles. The van der Waals surface area contributed by atoms with E-state index in [1.165, 1.54) is 0 Å². The van der Waals surface area contributed by atoms with Gasteiger partial charge in [-0.05, 0) is 26.2 Å². The maximum absolute atomic E-state index is 12.5. The van der Waals surface area contributed by atoms with Crippen LogP contribution in [0.15, 0.2) is 0 Å². The fourth-order valence-electron chi connectivity index (χ4n) is 3.48. The van der Waals surface area contributed by atoms with Crippen LogP contribution in [0.25, 0.3) is 0 Å². The first-order valence-electron chi connectivity index (χ1n) is 8.66. The molecular formula is C16H30N2O3S. The highest BCUT2D eigenvalue weighted by Crippen LogP contribution is 2.24. The third kappa shape index (κ3) is 4.69. The van der Waals surface area contributed by atoms with Gasteiger partial charge in [0.1, 0.15) is 0 Å². The van der Waals surface area contributed by atoms with Gasteiger partial charge < -0.3 is 15.0 Å². The molecule has 5 nitrogen and oxygen atoms in total. The minimum atomic E-state index is -0.826. The van der Waals surface area contributed by atoms with Gasteiger partial charge in [-0.3, -0.25) is 4.21 Å². The van der Waals surface area contributed by atoms with Crippen molar-refractivity contribution in [3.8, 4) is 0 Å². The molecule has 0 radical (unpaired) electrons. The van der Waals surface area contributed by atoms with Gasteiger partial charge in [0.25, 0.3) is 0 Å². The van der Waals surface area contributed by atoms with Gasteiger partial charge in [-0.25, -0.2) is 4.79 Å². The van der Waals surface area contributed by atoms with Crippen LogP contribution in [-0.2, 0) is 15.5 Å². The van der Waals surface area contributed by atoms with Crippen LogP contribution >= 0.6 is 0 Å². The Bertz CT molecular complexity index is 392. The van der Waals surface area contributed by atoms with Crippen LogP contribution in [0.1, 0.15) is 46.0 Å². The number of urea groups is 1. The van der Waals surface area contributed by atoms with Gasteiger partial charge in [0.05, 0.1) is 11.9 Å². The Morgan fingerprint density at radius 3 is 2.77 bits per heavy atom. The van der Waals surface area contributed by atoms with Gasteiger partial charge >= 0.3 is 6.03 Å². The van der Waals surface area contributed by atoms with Gasteiger partial charge in [-0.15, -0.1) is 0 Å². The largest absolute Gasteiger partial charge is 0.381 e. The van der Waals surface area contributed by atoms with Crippen molar-refractivity contribution < 1.29 is 13.7 Å². The van der Waals surface area contributed by atoms with E-state index in [4.69, 9.17) is 4.74 Å². The van der Waals surface area contributed by atoms with E-state index in [-0.39, 0.29) is 17.3 Å². The number of carbonyl (C=O) groups is 1.